The largest absolute Gasteiger partial charge is 0.285 e. The van der Waals surface area contributed by atoms with Crippen molar-refractivity contribution >= 4 is 20.2 Å². The minimum atomic E-state index is -4.09. The summed E-state index contributed by atoms with van der Waals surface area (Å²) in [5.41, 5.74) is 1.03. The third kappa shape index (κ3) is 6.57. The van der Waals surface area contributed by atoms with E-state index >= 15 is 0 Å². The van der Waals surface area contributed by atoms with E-state index in [-0.39, 0.29) is 0 Å². The van der Waals surface area contributed by atoms with Gasteiger partial charge in [0.05, 0.1) is 0 Å². The summed E-state index contributed by atoms with van der Waals surface area (Å²) < 4.78 is 61.1. The van der Waals surface area contributed by atoms with Crippen LogP contribution in [0.2, 0.25) is 0 Å². The average Bonchev–Trinajstić information content (AvgIpc) is 2.56. The van der Waals surface area contributed by atoms with E-state index in [9.17, 15) is 16.8 Å². The molecule has 0 spiro atoms. The standard InChI is InChI=1S/2C9H10O3S/c2*1-2-9(13(10,11)12)8-6-4-3-5-7-8/h2*2-7,9H,1H2,(H,10,11,12). The first-order chi connectivity index (χ1) is 12.1. The molecule has 0 fully saturated rings. The first-order valence-corrected chi connectivity index (χ1v) is 10.4. The summed E-state index contributed by atoms with van der Waals surface area (Å²) in [6.45, 7) is 6.73. The molecule has 2 N–H and O–H groups in total. The van der Waals surface area contributed by atoms with Crippen LogP contribution in [0.3, 0.4) is 0 Å². The fourth-order valence-corrected chi connectivity index (χ4v) is 3.63. The van der Waals surface area contributed by atoms with E-state index in [1.54, 1.807) is 60.7 Å². The lowest BCUT2D eigenvalue weighted by Gasteiger charge is -2.08. The van der Waals surface area contributed by atoms with Crippen molar-refractivity contribution < 1.29 is 25.9 Å². The molecule has 0 saturated carbocycles. The van der Waals surface area contributed by atoms with E-state index in [2.05, 4.69) is 13.2 Å². The lowest BCUT2D eigenvalue weighted by Crippen LogP contribution is -2.09. The molecule has 2 atom stereocenters. The van der Waals surface area contributed by atoms with Crippen molar-refractivity contribution in [3.63, 3.8) is 0 Å². The molecule has 140 valence electrons. The molecule has 0 aliphatic heterocycles. The topological polar surface area (TPSA) is 109 Å². The maximum absolute atomic E-state index is 10.8. The Balaban J connectivity index is 0.000000260. The quantitative estimate of drug-likeness (QED) is 0.570. The van der Waals surface area contributed by atoms with Crippen molar-refractivity contribution in [2.24, 2.45) is 0 Å². The molecule has 0 radical (unpaired) electrons. The van der Waals surface area contributed by atoms with Gasteiger partial charge in [0.2, 0.25) is 0 Å². The van der Waals surface area contributed by atoms with Crippen LogP contribution in [0.1, 0.15) is 21.6 Å². The predicted molar refractivity (Wildman–Crippen MR) is 102 cm³/mol. The van der Waals surface area contributed by atoms with Crippen molar-refractivity contribution in [2.45, 2.75) is 10.5 Å². The zero-order valence-electron chi connectivity index (χ0n) is 13.8. The van der Waals surface area contributed by atoms with Crippen LogP contribution in [-0.4, -0.2) is 25.9 Å². The third-order valence-corrected chi connectivity index (χ3v) is 5.54. The monoisotopic (exact) mass is 396 g/mol. The van der Waals surface area contributed by atoms with Crippen LogP contribution in [0.5, 0.6) is 0 Å². The second kappa shape index (κ2) is 9.44. The Morgan fingerprint density at radius 2 is 0.923 bits per heavy atom. The van der Waals surface area contributed by atoms with Crippen molar-refractivity contribution in [1.29, 1.82) is 0 Å². The molecule has 0 aliphatic rings. The molecule has 8 heteroatoms. The maximum atomic E-state index is 10.8. The van der Waals surface area contributed by atoms with Crippen LogP contribution in [0, 0.1) is 0 Å². The molecule has 6 nitrogen and oxygen atoms in total. The minimum absolute atomic E-state index is 0.514. The van der Waals surface area contributed by atoms with Gasteiger partial charge in [-0.05, 0) is 11.1 Å². The van der Waals surface area contributed by atoms with Crippen LogP contribution < -0.4 is 0 Å². The van der Waals surface area contributed by atoms with Gasteiger partial charge in [0.15, 0.2) is 0 Å². The van der Waals surface area contributed by atoms with Crippen LogP contribution in [0.4, 0.5) is 0 Å². The van der Waals surface area contributed by atoms with E-state index in [1.807, 2.05) is 0 Å². The Hall–Kier alpha value is -2.26. The minimum Gasteiger partial charge on any atom is -0.285 e. The van der Waals surface area contributed by atoms with Gasteiger partial charge in [-0.1, -0.05) is 72.8 Å². The Morgan fingerprint density at radius 3 is 1.12 bits per heavy atom. The zero-order valence-corrected chi connectivity index (χ0v) is 15.5. The van der Waals surface area contributed by atoms with E-state index in [0.29, 0.717) is 11.1 Å². The molecule has 2 aromatic carbocycles. The molecule has 0 heterocycles. The van der Waals surface area contributed by atoms with Gasteiger partial charge in [0, 0.05) is 0 Å². The smallest absolute Gasteiger partial charge is 0.275 e. The maximum Gasteiger partial charge on any atom is 0.275 e. The van der Waals surface area contributed by atoms with Gasteiger partial charge < -0.3 is 0 Å². The number of hydrogen-bond acceptors (Lipinski definition) is 4. The van der Waals surface area contributed by atoms with E-state index in [0.717, 1.165) is 0 Å². The van der Waals surface area contributed by atoms with Crippen molar-refractivity contribution in [1.82, 2.24) is 0 Å². The molecule has 0 aliphatic carbocycles. The lowest BCUT2D eigenvalue weighted by molar-refractivity contribution is 0.474. The molecule has 2 aromatic rings. The van der Waals surface area contributed by atoms with E-state index in [1.165, 1.54) is 12.2 Å². The van der Waals surface area contributed by atoms with Gasteiger partial charge in [-0.25, -0.2) is 0 Å². The van der Waals surface area contributed by atoms with Crippen molar-refractivity contribution in [3.8, 4) is 0 Å². The second-order valence-corrected chi connectivity index (χ2v) is 8.24. The molecule has 26 heavy (non-hydrogen) atoms. The summed E-state index contributed by atoms with van der Waals surface area (Å²) in [4.78, 5) is 0. The zero-order chi connectivity index (χ0) is 19.8. The number of rotatable bonds is 6. The Labute approximate surface area is 154 Å². The molecule has 2 unspecified atom stereocenters. The van der Waals surface area contributed by atoms with Crippen LogP contribution in [0.25, 0.3) is 0 Å². The van der Waals surface area contributed by atoms with Gasteiger partial charge in [-0.15, -0.1) is 13.2 Å². The Kier molecular flexibility index (Phi) is 7.91. The van der Waals surface area contributed by atoms with Gasteiger partial charge >= 0.3 is 0 Å². The molecule has 0 saturated heterocycles. The summed E-state index contributed by atoms with van der Waals surface area (Å²) in [7, 11) is -8.17. The first-order valence-electron chi connectivity index (χ1n) is 7.39. The molecule has 0 amide bonds. The average molecular weight is 396 g/mol. The molecule has 0 bridgehead atoms. The van der Waals surface area contributed by atoms with Crippen LogP contribution in [0.15, 0.2) is 86.0 Å². The molecule has 0 aromatic heterocycles. The normalized spacial score (nSPS) is 13.6. The van der Waals surface area contributed by atoms with Gasteiger partial charge in [0.1, 0.15) is 10.5 Å². The predicted octanol–water partition coefficient (Wildman–Crippen LogP) is 3.60. The van der Waals surface area contributed by atoms with Gasteiger partial charge in [-0.3, -0.25) is 9.11 Å². The van der Waals surface area contributed by atoms with Crippen molar-refractivity contribution in [3.05, 3.63) is 97.1 Å². The highest BCUT2D eigenvalue weighted by Gasteiger charge is 2.21. The first kappa shape index (κ1) is 21.8. The summed E-state index contributed by atoms with van der Waals surface area (Å²) in [6.07, 6.45) is 2.40. The fourth-order valence-electron chi connectivity index (χ4n) is 2.14. The highest BCUT2D eigenvalue weighted by Crippen LogP contribution is 2.22. The highest BCUT2D eigenvalue weighted by atomic mass is 32.2. The molecular weight excluding hydrogens is 376 g/mol. The summed E-state index contributed by atoms with van der Waals surface area (Å²) in [5.74, 6) is 0. The van der Waals surface area contributed by atoms with Gasteiger partial charge in [0.25, 0.3) is 20.2 Å². The van der Waals surface area contributed by atoms with E-state index in [4.69, 9.17) is 9.11 Å². The Morgan fingerprint density at radius 1 is 0.654 bits per heavy atom. The summed E-state index contributed by atoms with van der Waals surface area (Å²) in [6, 6.07) is 16.9. The van der Waals surface area contributed by atoms with Crippen LogP contribution in [-0.2, 0) is 20.2 Å². The van der Waals surface area contributed by atoms with Crippen molar-refractivity contribution in [2.75, 3.05) is 0 Å². The van der Waals surface area contributed by atoms with E-state index < -0.39 is 30.7 Å². The second-order valence-electron chi connectivity index (χ2n) is 5.16. The SMILES string of the molecule is C=CC(c1ccccc1)S(=O)(=O)O.C=CC(c1ccccc1)S(=O)(=O)O. The molecule has 2 rings (SSSR count). The summed E-state index contributed by atoms with van der Waals surface area (Å²) in [5, 5.41) is -2.07. The number of benzene rings is 2. The van der Waals surface area contributed by atoms with Crippen LogP contribution >= 0.6 is 0 Å². The number of hydrogen-bond donors (Lipinski definition) is 2. The fraction of sp³-hybridized carbons (Fsp3) is 0.111. The highest BCUT2D eigenvalue weighted by molar-refractivity contribution is 7.86. The van der Waals surface area contributed by atoms with Gasteiger partial charge in [-0.2, -0.15) is 16.8 Å². The lowest BCUT2D eigenvalue weighted by atomic mass is 10.1. The summed E-state index contributed by atoms with van der Waals surface area (Å²) >= 11 is 0. The Bertz CT molecular complexity index is 841. The molecular formula is C18H20O6S2. The third-order valence-electron chi connectivity index (χ3n) is 3.33.